The van der Waals surface area contributed by atoms with Gasteiger partial charge in [-0.15, -0.1) is 5.10 Å². The summed E-state index contributed by atoms with van der Waals surface area (Å²) in [5.41, 5.74) is 4.96. The smallest absolute Gasteiger partial charge is 0.278 e. The van der Waals surface area contributed by atoms with Crippen LogP contribution in [0.4, 0.5) is 10.1 Å². The van der Waals surface area contributed by atoms with E-state index in [2.05, 4.69) is 15.6 Å². The highest BCUT2D eigenvalue weighted by Crippen LogP contribution is 2.25. The first-order valence-corrected chi connectivity index (χ1v) is 10.0. The summed E-state index contributed by atoms with van der Waals surface area (Å²) in [6.07, 6.45) is 0. The van der Waals surface area contributed by atoms with Gasteiger partial charge >= 0.3 is 0 Å². The number of benzene rings is 3. The van der Waals surface area contributed by atoms with Crippen molar-refractivity contribution in [3.05, 3.63) is 90.0 Å². The summed E-state index contributed by atoms with van der Waals surface area (Å²) in [4.78, 5) is 17.5. The van der Waals surface area contributed by atoms with Crippen molar-refractivity contribution in [1.29, 1.82) is 0 Å². The second-order valence-corrected chi connectivity index (χ2v) is 7.43. The number of halogens is 1. The van der Waals surface area contributed by atoms with Gasteiger partial charge in [0.05, 0.1) is 22.4 Å². The molecule has 0 aliphatic heterocycles. The number of aromatic nitrogens is 5. The van der Waals surface area contributed by atoms with Gasteiger partial charge in [-0.3, -0.25) is 4.79 Å². The fraction of sp³-hybridized carbons (Fsp3) is 0.0833. The lowest BCUT2D eigenvalue weighted by atomic mass is 10.2. The van der Waals surface area contributed by atoms with Crippen molar-refractivity contribution in [2.45, 2.75) is 6.92 Å². The number of amides is 1. The first-order valence-electron chi connectivity index (χ1n) is 10.0. The molecule has 0 aliphatic carbocycles. The molecule has 0 saturated heterocycles. The van der Waals surface area contributed by atoms with Crippen molar-refractivity contribution in [1.82, 2.24) is 24.5 Å². The van der Waals surface area contributed by atoms with E-state index in [1.807, 2.05) is 60.1 Å². The molecular formula is C24H19FN6O. The number of rotatable bonds is 4. The number of nitrogens with one attached hydrogen (secondary N) is 1. The van der Waals surface area contributed by atoms with Crippen LogP contribution in [0.25, 0.3) is 28.1 Å². The van der Waals surface area contributed by atoms with Gasteiger partial charge in [0.25, 0.3) is 5.91 Å². The maximum absolute atomic E-state index is 13.2. The van der Waals surface area contributed by atoms with Crippen molar-refractivity contribution in [3.8, 4) is 17.1 Å². The number of hydrogen-bond acceptors (Lipinski definition) is 4. The van der Waals surface area contributed by atoms with Crippen molar-refractivity contribution in [2.75, 3.05) is 5.32 Å². The second kappa shape index (κ2) is 7.73. The summed E-state index contributed by atoms with van der Waals surface area (Å²) in [7, 11) is 1.98. The Morgan fingerprint density at radius 3 is 2.41 bits per heavy atom. The summed E-state index contributed by atoms with van der Waals surface area (Å²) >= 11 is 0. The van der Waals surface area contributed by atoms with E-state index >= 15 is 0 Å². The Kier molecular flexibility index (Phi) is 4.74. The maximum atomic E-state index is 13.2. The molecule has 7 nitrogen and oxygen atoms in total. The molecule has 5 aromatic rings. The van der Waals surface area contributed by atoms with E-state index in [1.54, 1.807) is 19.1 Å². The van der Waals surface area contributed by atoms with Gasteiger partial charge in [-0.2, -0.15) is 0 Å². The van der Waals surface area contributed by atoms with Crippen molar-refractivity contribution in [3.63, 3.8) is 0 Å². The van der Waals surface area contributed by atoms with Crippen molar-refractivity contribution in [2.24, 2.45) is 7.05 Å². The van der Waals surface area contributed by atoms with Crippen LogP contribution in [-0.4, -0.2) is 30.5 Å². The van der Waals surface area contributed by atoms with E-state index in [1.165, 1.54) is 16.8 Å². The van der Waals surface area contributed by atoms with Crippen LogP contribution in [0.5, 0.6) is 0 Å². The average Bonchev–Trinajstić information content (AvgIpc) is 3.35. The third-order valence-electron chi connectivity index (χ3n) is 5.37. The van der Waals surface area contributed by atoms with E-state index in [4.69, 9.17) is 4.98 Å². The van der Waals surface area contributed by atoms with Crippen LogP contribution in [0, 0.1) is 12.7 Å². The van der Waals surface area contributed by atoms with Crippen LogP contribution in [0.1, 0.15) is 16.2 Å². The molecule has 0 unspecified atom stereocenters. The first kappa shape index (κ1) is 19.6. The lowest BCUT2D eigenvalue weighted by Gasteiger charge is -2.07. The van der Waals surface area contributed by atoms with Crippen molar-refractivity contribution >= 4 is 22.6 Å². The van der Waals surface area contributed by atoms with Gasteiger partial charge in [-0.1, -0.05) is 17.3 Å². The molecule has 0 aliphatic rings. The highest BCUT2D eigenvalue weighted by Gasteiger charge is 2.18. The van der Waals surface area contributed by atoms with Gasteiger partial charge in [0.2, 0.25) is 0 Å². The molecule has 0 spiro atoms. The quantitative estimate of drug-likeness (QED) is 0.458. The molecule has 0 bridgehead atoms. The summed E-state index contributed by atoms with van der Waals surface area (Å²) < 4.78 is 16.7. The van der Waals surface area contributed by atoms with Crippen LogP contribution in [0.15, 0.2) is 72.8 Å². The normalized spacial score (nSPS) is 11.1. The molecule has 2 aromatic heterocycles. The highest BCUT2D eigenvalue weighted by atomic mass is 19.1. The van der Waals surface area contributed by atoms with Crippen LogP contribution in [0.3, 0.4) is 0 Å². The highest BCUT2D eigenvalue weighted by molar-refractivity contribution is 6.03. The Morgan fingerprint density at radius 1 is 0.969 bits per heavy atom. The molecule has 0 saturated carbocycles. The van der Waals surface area contributed by atoms with Gasteiger partial charge in [-0.05, 0) is 67.6 Å². The Balaban J connectivity index is 1.36. The van der Waals surface area contributed by atoms with E-state index in [-0.39, 0.29) is 17.4 Å². The zero-order valence-electron chi connectivity index (χ0n) is 17.5. The van der Waals surface area contributed by atoms with Gasteiger partial charge in [0, 0.05) is 18.3 Å². The molecule has 0 atom stereocenters. The summed E-state index contributed by atoms with van der Waals surface area (Å²) in [5.74, 6) is 0.139. The van der Waals surface area contributed by atoms with Crippen LogP contribution < -0.4 is 5.32 Å². The molecule has 32 heavy (non-hydrogen) atoms. The van der Waals surface area contributed by atoms with Crippen LogP contribution >= 0.6 is 0 Å². The van der Waals surface area contributed by atoms with E-state index in [0.29, 0.717) is 17.1 Å². The number of imidazole rings is 1. The summed E-state index contributed by atoms with van der Waals surface area (Å²) in [6, 6.07) is 21.3. The predicted molar refractivity (Wildman–Crippen MR) is 120 cm³/mol. The molecular weight excluding hydrogens is 407 g/mol. The number of para-hydroxylation sites is 2. The zero-order valence-corrected chi connectivity index (χ0v) is 17.5. The fourth-order valence-electron chi connectivity index (χ4n) is 3.66. The number of hydrogen-bond donors (Lipinski definition) is 1. The lowest BCUT2D eigenvalue weighted by Crippen LogP contribution is -2.14. The SMILES string of the molecule is Cc1c(C(=O)Nc2ccc(-c3nc4ccccc4n3C)cc2)nnn1-c1ccc(F)cc1. The average molecular weight is 426 g/mol. The van der Waals surface area contributed by atoms with Crippen LogP contribution in [0.2, 0.25) is 0 Å². The summed E-state index contributed by atoms with van der Waals surface area (Å²) in [6.45, 7) is 1.74. The van der Waals surface area contributed by atoms with Gasteiger partial charge in [-0.25, -0.2) is 14.1 Å². The topological polar surface area (TPSA) is 77.6 Å². The molecule has 5 rings (SSSR count). The monoisotopic (exact) mass is 426 g/mol. The lowest BCUT2D eigenvalue weighted by molar-refractivity contribution is 0.102. The van der Waals surface area contributed by atoms with Gasteiger partial charge in [0.1, 0.15) is 11.6 Å². The molecule has 8 heteroatoms. The van der Waals surface area contributed by atoms with E-state index in [0.717, 1.165) is 22.4 Å². The third-order valence-corrected chi connectivity index (χ3v) is 5.37. The number of aryl methyl sites for hydroxylation is 1. The molecule has 0 radical (unpaired) electrons. The van der Waals surface area contributed by atoms with Gasteiger partial charge < -0.3 is 9.88 Å². The van der Waals surface area contributed by atoms with E-state index in [9.17, 15) is 9.18 Å². The zero-order chi connectivity index (χ0) is 22.2. The Bertz CT molecular complexity index is 1430. The number of anilines is 1. The van der Waals surface area contributed by atoms with Gasteiger partial charge in [0.15, 0.2) is 5.69 Å². The number of fused-ring (bicyclic) bond motifs is 1. The summed E-state index contributed by atoms with van der Waals surface area (Å²) in [5, 5.41) is 10.9. The first-order chi connectivity index (χ1) is 15.5. The second-order valence-electron chi connectivity index (χ2n) is 7.43. The minimum atomic E-state index is -0.369. The predicted octanol–water partition coefficient (Wildman–Crippen LogP) is 4.52. The minimum Gasteiger partial charge on any atom is -0.327 e. The number of nitrogens with zero attached hydrogens (tertiary/aromatic N) is 5. The molecule has 2 heterocycles. The largest absolute Gasteiger partial charge is 0.327 e. The molecule has 1 amide bonds. The van der Waals surface area contributed by atoms with Crippen molar-refractivity contribution < 1.29 is 9.18 Å². The standard InChI is InChI=1S/C24H19FN6O/c1-15-22(28-29-31(15)19-13-9-17(25)10-14-19)24(32)26-18-11-7-16(8-12-18)23-27-20-5-3-4-6-21(20)30(23)2/h3-14H,1-2H3,(H,26,32). The molecule has 0 fully saturated rings. The Labute approximate surface area is 183 Å². The number of carbonyl (C=O) groups is 1. The third kappa shape index (κ3) is 3.41. The van der Waals surface area contributed by atoms with Crippen LogP contribution in [-0.2, 0) is 7.05 Å². The Hall–Kier alpha value is -4.33. The maximum Gasteiger partial charge on any atom is 0.278 e. The minimum absolute atomic E-state index is 0.203. The van der Waals surface area contributed by atoms with E-state index < -0.39 is 0 Å². The molecule has 1 N–H and O–H groups in total. The molecule has 158 valence electrons. The molecule has 3 aromatic carbocycles. The number of carbonyl (C=O) groups excluding carboxylic acids is 1. The Morgan fingerprint density at radius 2 is 1.69 bits per heavy atom. The fourth-order valence-corrected chi connectivity index (χ4v) is 3.66.